The Morgan fingerprint density at radius 2 is 1.82 bits per heavy atom. The van der Waals surface area contributed by atoms with Crippen LogP contribution in [0.4, 0.5) is 5.69 Å². The summed E-state index contributed by atoms with van der Waals surface area (Å²) in [6.45, 7) is 0. The van der Waals surface area contributed by atoms with E-state index in [-0.39, 0.29) is 10.7 Å². The van der Waals surface area contributed by atoms with Gasteiger partial charge in [0.25, 0.3) is 5.91 Å². The number of benzene rings is 2. The molecule has 9 heteroatoms. The summed E-state index contributed by atoms with van der Waals surface area (Å²) in [4.78, 5) is 32.3. The number of nitrogens with zero attached hydrogens (tertiary/aromatic N) is 2. The first-order valence-electron chi connectivity index (χ1n) is 8.25. The van der Waals surface area contributed by atoms with Gasteiger partial charge < -0.3 is 14.3 Å². The number of hydrogen-bond donors (Lipinski definition) is 0. The molecule has 0 bridgehead atoms. The van der Waals surface area contributed by atoms with E-state index in [1.165, 1.54) is 26.4 Å². The topological polar surface area (TPSA) is 77.4 Å². The quantitative estimate of drug-likeness (QED) is 0.709. The first-order chi connectivity index (χ1) is 13.5. The number of halogens is 2. The lowest BCUT2D eigenvalue weighted by Crippen LogP contribution is -2.33. The van der Waals surface area contributed by atoms with Gasteiger partial charge in [0.15, 0.2) is 0 Å². The van der Waals surface area contributed by atoms with Crippen LogP contribution in [0.3, 0.4) is 0 Å². The summed E-state index contributed by atoms with van der Waals surface area (Å²) in [5, 5.41) is 4.58. The summed E-state index contributed by atoms with van der Waals surface area (Å²) < 4.78 is 10.6. The van der Waals surface area contributed by atoms with Crippen molar-refractivity contribution in [2.75, 3.05) is 19.1 Å². The normalized spacial score (nSPS) is 20.7. The van der Waals surface area contributed by atoms with Crippen molar-refractivity contribution in [3.8, 4) is 11.5 Å². The molecule has 2 amide bonds. The van der Waals surface area contributed by atoms with Crippen molar-refractivity contribution in [2.24, 2.45) is 11.1 Å². The van der Waals surface area contributed by atoms with Crippen LogP contribution in [0.5, 0.6) is 11.5 Å². The molecule has 1 fully saturated rings. The number of fused-ring (bicyclic) bond motifs is 1. The Hall–Kier alpha value is -2.77. The van der Waals surface area contributed by atoms with E-state index in [0.717, 1.165) is 4.90 Å². The minimum absolute atomic E-state index is 0.187. The van der Waals surface area contributed by atoms with E-state index in [2.05, 4.69) is 5.16 Å². The van der Waals surface area contributed by atoms with Crippen LogP contribution in [0.2, 0.25) is 10.0 Å². The third kappa shape index (κ3) is 2.78. The van der Waals surface area contributed by atoms with Crippen LogP contribution in [-0.4, -0.2) is 37.8 Å². The Bertz CT molecular complexity index is 1020. The molecule has 7 nitrogen and oxygen atoms in total. The molecular formula is C19H14Cl2N2O5. The van der Waals surface area contributed by atoms with E-state index in [4.69, 9.17) is 37.5 Å². The lowest BCUT2D eigenvalue weighted by molar-refractivity contribution is -0.126. The minimum Gasteiger partial charge on any atom is -0.497 e. The number of carbonyl (C=O) groups excluding carboxylic acids is 2. The van der Waals surface area contributed by atoms with Gasteiger partial charge in [-0.25, -0.2) is 4.90 Å². The van der Waals surface area contributed by atoms with Gasteiger partial charge in [0.05, 0.1) is 24.9 Å². The third-order valence-electron chi connectivity index (χ3n) is 4.65. The van der Waals surface area contributed by atoms with E-state index in [1.807, 2.05) is 0 Å². The maximum Gasteiger partial charge on any atom is 0.279 e. The molecule has 144 valence electrons. The number of methoxy groups -OCH3 is 2. The molecule has 2 aliphatic heterocycles. The van der Waals surface area contributed by atoms with Gasteiger partial charge in [-0.2, -0.15) is 0 Å². The first kappa shape index (κ1) is 18.6. The number of imide groups is 1. The molecular weight excluding hydrogens is 407 g/mol. The van der Waals surface area contributed by atoms with Gasteiger partial charge in [0.2, 0.25) is 12.0 Å². The van der Waals surface area contributed by atoms with Crippen LogP contribution in [-0.2, 0) is 14.4 Å². The average molecular weight is 421 g/mol. The number of rotatable bonds is 4. The number of hydrogen-bond acceptors (Lipinski definition) is 6. The molecule has 4 rings (SSSR count). The van der Waals surface area contributed by atoms with Crippen molar-refractivity contribution in [3.63, 3.8) is 0 Å². The monoisotopic (exact) mass is 420 g/mol. The fourth-order valence-electron chi connectivity index (χ4n) is 3.31. The van der Waals surface area contributed by atoms with Gasteiger partial charge in [-0.05, 0) is 36.4 Å². The highest BCUT2D eigenvalue weighted by Gasteiger charge is 2.56. The Morgan fingerprint density at radius 3 is 2.50 bits per heavy atom. The molecule has 2 aliphatic rings. The molecule has 2 unspecified atom stereocenters. The number of carbonyl (C=O) groups is 2. The summed E-state index contributed by atoms with van der Waals surface area (Å²) in [6.07, 6.45) is -1.06. The van der Waals surface area contributed by atoms with Gasteiger partial charge in [-0.15, -0.1) is 0 Å². The van der Waals surface area contributed by atoms with Crippen LogP contribution in [0.15, 0.2) is 41.6 Å². The molecule has 2 aromatic rings. The molecule has 2 aromatic carbocycles. The van der Waals surface area contributed by atoms with E-state index in [9.17, 15) is 9.59 Å². The van der Waals surface area contributed by atoms with Crippen LogP contribution in [0.1, 0.15) is 5.56 Å². The van der Waals surface area contributed by atoms with Crippen molar-refractivity contribution < 1.29 is 23.9 Å². The molecule has 0 aliphatic carbocycles. The summed E-state index contributed by atoms with van der Waals surface area (Å²) in [7, 11) is 3.02. The Labute approximate surface area is 170 Å². The molecule has 0 saturated carbocycles. The molecule has 2 atom stereocenters. The van der Waals surface area contributed by atoms with Crippen molar-refractivity contribution in [3.05, 3.63) is 52.0 Å². The van der Waals surface area contributed by atoms with Gasteiger partial charge in [-0.1, -0.05) is 28.4 Å². The Morgan fingerprint density at radius 1 is 1.04 bits per heavy atom. The van der Waals surface area contributed by atoms with E-state index >= 15 is 0 Å². The van der Waals surface area contributed by atoms with Crippen molar-refractivity contribution in [1.82, 2.24) is 0 Å². The number of anilines is 1. The third-order valence-corrected chi connectivity index (χ3v) is 5.18. The highest BCUT2D eigenvalue weighted by atomic mass is 35.5. The zero-order valence-corrected chi connectivity index (χ0v) is 16.3. The molecule has 0 aromatic heterocycles. The number of oxime groups is 1. The molecule has 2 heterocycles. The maximum atomic E-state index is 13.2. The van der Waals surface area contributed by atoms with Crippen LogP contribution in [0, 0.1) is 5.92 Å². The van der Waals surface area contributed by atoms with Crippen LogP contribution in [0.25, 0.3) is 0 Å². The van der Waals surface area contributed by atoms with E-state index in [1.54, 1.807) is 24.3 Å². The fourth-order valence-corrected chi connectivity index (χ4v) is 3.81. The van der Waals surface area contributed by atoms with Gasteiger partial charge in [0, 0.05) is 10.6 Å². The van der Waals surface area contributed by atoms with E-state index < -0.39 is 23.8 Å². The zero-order chi connectivity index (χ0) is 20.0. The highest BCUT2D eigenvalue weighted by Crippen LogP contribution is 2.40. The molecule has 0 N–H and O–H groups in total. The predicted molar refractivity (Wildman–Crippen MR) is 103 cm³/mol. The van der Waals surface area contributed by atoms with Gasteiger partial charge >= 0.3 is 0 Å². The summed E-state index contributed by atoms with van der Waals surface area (Å²) in [6, 6.07) is 9.63. The van der Waals surface area contributed by atoms with E-state index in [0.29, 0.717) is 27.8 Å². The molecule has 0 spiro atoms. The summed E-state index contributed by atoms with van der Waals surface area (Å²) in [5.74, 6) is -0.913. The summed E-state index contributed by atoms with van der Waals surface area (Å²) in [5.41, 5.74) is 1.06. The Balaban J connectivity index is 1.75. The second-order valence-corrected chi connectivity index (χ2v) is 7.00. The van der Waals surface area contributed by atoms with Crippen molar-refractivity contribution in [2.45, 2.75) is 6.10 Å². The van der Waals surface area contributed by atoms with Crippen LogP contribution < -0.4 is 14.4 Å². The van der Waals surface area contributed by atoms with Crippen molar-refractivity contribution in [1.29, 1.82) is 0 Å². The Kier molecular flexibility index (Phi) is 4.64. The predicted octanol–water partition coefficient (Wildman–Crippen LogP) is 3.30. The lowest BCUT2D eigenvalue weighted by atomic mass is 9.93. The minimum atomic E-state index is -1.06. The molecule has 0 radical (unpaired) electrons. The largest absolute Gasteiger partial charge is 0.497 e. The maximum absolute atomic E-state index is 13.2. The molecule has 1 saturated heterocycles. The SMILES string of the molecule is COc1ccc(OC)c(C2=NOC3C(=O)N(c4ccc(Cl)cc4Cl)C(=O)C23)c1. The number of amides is 2. The molecule has 28 heavy (non-hydrogen) atoms. The zero-order valence-electron chi connectivity index (χ0n) is 14.8. The standard InChI is InChI=1S/C19H14Cl2N2O5/c1-26-10-4-6-14(27-2)11(8-10)16-15-17(28-22-16)19(25)23(18(15)24)13-5-3-9(20)7-12(13)21/h3-8,15,17H,1-2H3. The smallest absolute Gasteiger partial charge is 0.279 e. The van der Waals surface area contributed by atoms with Gasteiger partial charge in [0.1, 0.15) is 23.1 Å². The second-order valence-electron chi connectivity index (χ2n) is 6.15. The number of ether oxygens (including phenoxy) is 2. The average Bonchev–Trinajstić information content (AvgIpc) is 3.22. The second kappa shape index (κ2) is 7.00. The lowest BCUT2D eigenvalue weighted by Gasteiger charge is -2.17. The van der Waals surface area contributed by atoms with Gasteiger partial charge in [-0.3, -0.25) is 9.59 Å². The van der Waals surface area contributed by atoms with Crippen molar-refractivity contribution >= 4 is 46.4 Å². The highest BCUT2D eigenvalue weighted by molar-refractivity contribution is 6.40. The summed E-state index contributed by atoms with van der Waals surface area (Å²) >= 11 is 12.1. The van der Waals surface area contributed by atoms with Crippen LogP contribution >= 0.6 is 23.2 Å². The fraction of sp³-hybridized carbons (Fsp3) is 0.211. The first-order valence-corrected chi connectivity index (χ1v) is 9.01.